The maximum atomic E-state index is 5.83. The van der Waals surface area contributed by atoms with Gasteiger partial charge in [-0.25, -0.2) is 0 Å². The molecule has 0 saturated carbocycles. The van der Waals surface area contributed by atoms with Gasteiger partial charge in [-0.1, -0.05) is 23.7 Å². The molecule has 0 aliphatic rings. The van der Waals surface area contributed by atoms with Crippen molar-refractivity contribution in [3.05, 3.63) is 56.7 Å². The minimum absolute atomic E-state index is 0. The monoisotopic (exact) mass is 273 g/mol. The first-order valence-corrected chi connectivity index (χ1v) is 6.04. The molecule has 0 amide bonds. The van der Waals surface area contributed by atoms with Crippen LogP contribution in [0, 0.1) is 0 Å². The molecule has 2 aromatic rings. The lowest BCUT2D eigenvalue weighted by atomic mass is 10.1. The van der Waals surface area contributed by atoms with Crippen LogP contribution in [0.5, 0.6) is 0 Å². The first kappa shape index (κ1) is 13.5. The summed E-state index contributed by atoms with van der Waals surface area (Å²) in [5, 5.41) is 2.95. The lowest BCUT2D eigenvalue weighted by Crippen LogP contribution is -1.92. The van der Waals surface area contributed by atoms with Crippen molar-refractivity contribution in [1.29, 1.82) is 0 Å². The van der Waals surface area contributed by atoms with Gasteiger partial charge in [-0.3, -0.25) is 0 Å². The Morgan fingerprint density at radius 2 is 1.81 bits per heavy atom. The van der Waals surface area contributed by atoms with Gasteiger partial charge in [0, 0.05) is 16.4 Å². The van der Waals surface area contributed by atoms with E-state index >= 15 is 0 Å². The van der Waals surface area contributed by atoms with Gasteiger partial charge in [0.2, 0.25) is 0 Å². The molecule has 86 valence electrons. The molecule has 0 atom stereocenters. The van der Waals surface area contributed by atoms with Crippen LogP contribution in [0.4, 0.5) is 0 Å². The minimum atomic E-state index is 0. The molecule has 0 saturated heterocycles. The Kier molecular flexibility index (Phi) is 5.29. The van der Waals surface area contributed by atoms with Crippen molar-refractivity contribution >= 4 is 35.3 Å². The second kappa shape index (κ2) is 6.26. The molecule has 16 heavy (non-hydrogen) atoms. The highest BCUT2D eigenvalue weighted by atomic mass is 35.5. The molecule has 1 heterocycles. The molecule has 0 fully saturated rings. The maximum Gasteiger partial charge on any atom is 0.0406 e. The van der Waals surface area contributed by atoms with E-state index in [-0.39, 0.29) is 12.4 Å². The van der Waals surface area contributed by atoms with E-state index in [9.17, 15) is 0 Å². The van der Waals surface area contributed by atoms with Crippen LogP contribution < -0.4 is 5.73 Å². The van der Waals surface area contributed by atoms with Crippen molar-refractivity contribution in [3.8, 4) is 0 Å². The van der Waals surface area contributed by atoms with E-state index in [0.29, 0.717) is 6.54 Å². The Morgan fingerprint density at radius 1 is 1.12 bits per heavy atom. The van der Waals surface area contributed by atoms with Crippen LogP contribution in [0.25, 0.3) is 0 Å². The van der Waals surface area contributed by atoms with Gasteiger partial charge in [0.15, 0.2) is 0 Å². The number of hydrogen-bond acceptors (Lipinski definition) is 2. The molecule has 2 N–H and O–H groups in total. The molecule has 0 bridgehead atoms. The van der Waals surface area contributed by atoms with Crippen molar-refractivity contribution in [2.75, 3.05) is 0 Å². The van der Waals surface area contributed by atoms with Crippen molar-refractivity contribution in [3.63, 3.8) is 0 Å². The molecule has 0 aliphatic carbocycles. The Hall–Kier alpha value is -0.540. The first-order valence-electron chi connectivity index (χ1n) is 4.79. The summed E-state index contributed by atoms with van der Waals surface area (Å²) in [6.07, 6.45) is 0.952. The number of nitrogens with two attached hydrogens (primary N) is 1. The zero-order valence-electron chi connectivity index (χ0n) is 8.65. The Morgan fingerprint density at radius 3 is 2.38 bits per heavy atom. The van der Waals surface area contributed by atoms with E-state index in [1.165, 1.54) is 16.0 Å². The van der Waals surface area contributed by atoms with Crippen LogP contribution in [0.2, 0.25) is 5.02 Å². The number of halogens is 2. The number of hydrogen-bond donors (Lipinski definition) is 1. The van der Waals surface area contributed by atoms with Crippen LogP contribution in [0.15, 0.2) is 35.7 Å². The van der Waals surface area contributed by atoms with Crippen LogP contribution in [-0.2, 0) is 13.0 Å². The molecule has 2 rings (SSSR count). The van der Waals surface area contributed by atoms with E-state index in [1.807, 2.05) is 12.1 Å². The van der Waals surface area contributed by atoms with E-state index in [4.69, 9.17) is 17.3 Å². The highest BCUT2D eigenvalue weighted by Crippen LogP contribution is 2.18. The van der Waals surface area contributed by atoms with Gasteiger partial charge in [0.1, 0.15) is 0 Å². The fourth-order valence-electron chi connectivity index (χ4n) is 1.46. The van der Waals surface area contributed by atoms with Gasteiger partial charge >= 0.3 is 0 Å². The predicted molar refractivity (Wildman–Crippen MR) is 73.7 cm³/mol. The average Bonchev–Trinajstić information content (AvgIpc) is 2.69. The van der Waals surface area contributed by atoms with Crippen LogP contribution in [-0.4, -0.2) is 0 Å². The summed E-state index contributed by atoms with van der Waals surface area (Å²) in [5.74, 6) is 0. The SMILES string of the molecule is Cl.NCc1cc(Cc2ccc(Cl)cc2)cs1. The maximum absolute atomic E-state index is 5.83. The summed E-state index contributed by atoms with van der Waals surface area (Å²) in [4.78, 5) is 1.24. The Bertz CT molecular complexity index is 437. The smallest absolute Gasteiger partial charge is 0.0406 e. The Labute approximate surface area is 111 Å². The van der Waals surface area contributed by atoms with Crippen molar-refractivity contribution in [1.82, 2.24) is 0 Å². The summed E-state index contributed by atoms with van der Waals surface area (Å²) in [6, 6.07) is 10.1. The highest BCUT2D eigenvalue weighted by molar-refractivity contribution is 7.10. The lowest BCUT2D eigenvalue weighted by molar-refractivity contribution is 1.10. The van der Waals surface area contributed by atoms with E-state index < -0.39 is 0 Å². The lowest BCUT2D eigenvalue weighted by Gasteiger charge is -1.98. The number of rotatable bonds is 3. The van der Waals surface area contributed by atoms with E-state index in [2.05, 4.69) is 23.6 Å². The van der Waals surface area contributed by atoms with Crippen molar-refractivity contribution in [2.45, 2.75) is 13.0 Å². The number of thiophene rings is 1. The topological polar surface area (TPSA) is 26.0 Å². The second-order valence-electron chi connectivity index (χ2n) is 3.43. The number of benzene rings is 1. The third-order valence-corrected chi connectivity index (χ3v) is 3.49. The van der Waals surface area contributed by atoms with Gasteiger partial charge in [-0.05, 0) is 41.1 Å². The zero-order chi connectivity index (χ0) is 10.7. The summed E-state index contributed by atoms with van der Waals surface area (Å²) < 4.78 is 0. The molecule has 0 unspecified atom stereocenters. The van der Waals surface area contributed by atoms with Crippen LogP contribution >= 0.6 is 35.3 Å². The largest absolute Gasteiger partial charge is 0.326 e. The minimum Gasteiger partial charge on any atom is -0.326 e. The van der Waals surface area contributed by atoms with Crippen molar-refractivity contribution in [2.24, 2.45) is 5.73 Å². The quantitative estimate of drug-likeness (QED) is 0.903. The van der Waals surface area contributed by atoms with Gasteiger partial charge in [0.25, 0.3) is 0 Å². The van der Waals surface area contributed by atoms with Crippen molar-refractivity contribution < 1.29 is 0 Å². The van der Waals surface area contributed by atoms with Crippen LogP contribution in [0.1, 0.15) is 16.0 Å². The normalized spacial score (nSPS) is 9.88. The standard InChI is InChI=1S/C12H12ClNS.ClH/c13-11-3-1-9(2-4-11)5-10-6-12(7-14)15-8-10;/h1-4,6,8H,5,7,14H2;1H. The highest BCUT2D eigenvalue weighted by Gasteiger charge is 2.00. The molecule has 1 nitrogen and oxygen atoms in total. The zero-order valence-corrected chi connectivity index (χ0v) is 11.0. The third-order valence-electron chi connectivity index (χ3n) is 2.23. The van der Waals surface area contributed by atoms with E-state index in [0.717, 1.165) is 11.4 Å². The summed E-state index contributed by atoms with van der Waals surface area (Å²) in [6.45, 7) is 0.630. The third kappa shape index (κ3) is 3.49. The Balaban J connectivity index is 0.00000128. The predicted octanol–water partition coefficient (Wildman–Crippen LogP) is 3.87. The summed E-state index contributed by atoms with van der Waals surface area (Å²) in [5.41, 5.74) is 8.17. The van der Waals surface area contributed by atoms with Gasteiger partial charge < -0.3 is 5.73 Å². The molecule has 4 heteroatoms. The molecule has 0 spiro atoms. The fourth-order valence-corrected chi connectivity index (χ4v) is 2.36. The molecule has 1 aromatic heterocycles. The van der Waals surface area contributed by atoms with Gasteiger partial charge in [0.05, 0.1) is 0 Å². The molecule has 0 aliphatic heterocycles. The molecular formula is C12H13Cl2NS. The molecule has 1 aromatic carbocycles. The molecular weight excluding hydrogens is 261 g/mol. The second-order valence-corrected chi connectivity index (χ2v) is 4.86. The summed E-state index contributed by atoms with van der Waals surface area (Å²) in [7, 11) is 0. The average molecular weight is 274 g/mol. The first-order chi connectivity index (χ1) is 7.28. The van der Waals surface area contributed by atoms with E-state index in [1.54, 1.807) is 11.3 Å². The van der Waals surface area contributed by atoms with Crippen LogP contribution in [0.3, 0.4) is 0 Å². The summed E-state index contributed by atoms with van der Waals surface area (Å²) >= 11 is 7.55. The van der Waals surface area contributed by atoms with Gasteiger partial charge in [-0.2, -0.15) is 0 Å². The fraction of sp³-hybridized carbons (Fsp3) is 0.167. The van der Waals surface area contributed by atoms with Gasteiger partial charge in [-0.15, -0.1) is 23.7 Å². The molecule has 0 radical (unpaired) electrons.